The maximum Gasteiger partial charge on any atom is 0.330 e. The molecule has 1 aromatic heterocycles. The minimum absolute atomic E-state index is 0.225. The first kappa shape index (κ1) is 12.0. The molecule has 3 rings (SSSR count). The van der Waals surface area contributed by atoms with Gasteiger partial charge in [-0.1, -0.05) is 18.2 Å². The first-order valence-electron chi connectivity index (χ1n) is 6.71. The lowest BCUT2D eigenvalue weighted by molar-refractivity contribution is -0.137. The lowest BCUT2D eigenvalue weighted by Crippen LogP contribution is -2.14. The molecule has 0 fully saturated rings. The molecule has 0 N–H and O–H groups in total. The first-order valence-corrected chi connectivity index (χ1v) is 6.71. The molecule has 0 amide bonds. The summed E-state index contributed by atoms with van der Waals surface area (Å²) in [5, 5.41) is 1.27. The lowest BCUT2D eigenvalue weighted by Gasteiger charge is -2.19. The Morgan fingerprint density at radius 3 is 3.05 bits per heavy atom. The van der Waals surface area contributed by atoms with Crippen LogP contribution in [-0.2, 0) is 22.5 Å². The molecule has 1 aliphatic heterocycles. The summed E-state index contributed by atoms with van der Waals surface area (Å²) in [6, 6.07) is 10.6. The number of carbonyl (C=O) groups excluding carboxylic acids is 1. The van der Waals surface area contributed by atoms with Gasteiger partial charge in [-0.15, -0.1) is 0 Å². The van der Waals surface area contributed by atoms with Gasteiger partial charge in [0.25, 0.3) is 0 Å². The minimum atomic E-state index is -0.225. The van der Waals surface area contributed by atoms with Gasteiger partial charge in [0.1, 0.15) is 0 Å². The van der Waals surface area contributed by atoms with E-state index >= 15 is 0 Å². The predicted octanol–water partition coefficient (Wildman–Crippen LogP) is 3.08. The molecule has 0 saturated heterocycles. The number of ether oxygens (including phenoxy) is 1. The smallest absolute Gasteiger partial charge is 0.330 e. The van der Waals surface area contributed by atoms with Crippen molar-refractivity contribution < 1.29 is 9.53 Å². The van der Waals surface area contributed by atoms with Crippen molar-refractivity contribution in [2.75, 3.05) is 6.61 Å². The van der Waals surface area contributed by atoms with Gasteiger partial charge in [-0.25, -0.2) is 4.79 Å². The molecular formula is C16H17NO2. The van der Waals surface area contributed by atoms with Gasteiger partial charge in [-0.3, -0.25) is 0 Å². The standard InChI is InChI=1S/C16H17NO2/c1-2-19-16(18)9-12-7-8-14-10-13-5-3-4-6-15(13)17(14)11-12/h3-6,9-10H,2,7-8,11H2,1H3/b12-9-. The fourth-order valence-electron chi connectivity index (χ4n) is 2.70. The van der Waals surface area contributed by atoms with Gasteiger partial charge >= 0.3 is 5.97 Å². The number of hydrogen-bond acceptors (Lipinski definition) is 2. The molecule has 0 aliphatic carbocycles. The number of aryl methyl sites for hydroxylation is 1. The highest BCUT2D eigenvalue weighted by atomic mass is 16.5. The molecule has 3 heteroatoms. The topological polar surface area (TPSA) is 31.2 Å². The van der Waals surface area contributed by atoms with E-state index < -0.39 is 0 Å². The van der Waals surface area contributed by atoms with Crippen LogP contribution in [0.1, 0.15) is 19.0 Å². The van der Waals surface area contributed by atoms with Crippen LogP contribution in [0.15, 0.2) is 42.0 Å². The summed E-state index contributed by atoms with van der Waals surface area (Å²) in [7, 11) is 0. The Bertz CT molecular complexity index is 652. The van der Waals surface area contributed by atoms with Gasteiger partial charge in [0.05, 0.1) is 6.61 Å². The number of fused-ring (bicyclic) bond motifs is 3. The number of nitrogens with zero attached hydrogens (tertiary/aromatic N) is 1. The quantitative estimate of drug-likeness (QED) is 0.610. The van der Waals surface area contributed by atoms with Crippen LogP contribution in [0.3, 0.4) is 0 Å². The maximum absolute atomic E-state index is 11.5. The molecule has 0 radical (unpaired) electrons. The molecule has 2 aromatic rings. The Kier molecular flexibility index (Phi) is 3.11. The number of benzene rings is 1. The Balaban J connectivity index is 1.93. The Morgan fingerprint density at radius 2 is 2.21 bits per heavy atom. The SMILES string of the molecule is CCOC(=O)/C=C1/CCc2cc3ccccc3n2C1. The van der Waals surface area contributed by atoms with Gasteiger partial charge in [-0.05, 0) is 42.9 Å². The molecule has 0 saturated carbocycles. The van der Waals surface area contributed by atoms with Crippen LogP contribution in [0.2, 0.25) is 0 Å². The van der Waals surface area contributed by atoms with Crippen LogP contribution < -0.4 is 0 Å². The third kappa shape index (κ3) is 2.28. The number of rotatable bonds is 2. The predicted molar refractivity (Wildman–Crippen MR) is 75.0 cm³/mol. The van der Waals surface area contributed by atoms with E-state index in [0.717, 1.165) is 25.0 Å². The van der Waals surface area contributed by atoms with Crippen molar-refractivity contribution in [1.82, 2.24) is 4.57 Å². The van der Waals surface area contributed by atoms with Crippen LogP contribution >= 0.6 is 0 Å². The third-order valence-corrected chi connectivity index (χ3v) is 3.57. The molecule has 2 heterocycles. The average molecular weight is 255 g/mol. The zero-order valence-electron chi connectivity index (χ0n) is 11.1. The largest absolute Gasteiger partial charge is 0.463 e. The number of carbonyl (C=O) groups is 1. The second-order valence-electron chi connectivity index (χ2n) is 4.84. The monoisotopic (exact) mass is 255 g/mol. The van der Waals surface area contributed by atoms with E-state index in [4.69, 9.17) is 4.74 Å². The first-order chi connectivity index (χ1) is 9.28. The second-order valence-corrected chi connectivity index (χ2v) is 4.84. The van der Waals surface area contributed by atoms with Crippen molar-refractivity contribution in [3.8, 4) is 0 Å². The summed E-state index contributed by atoms with van der Waals surface area (Å²) < 4.78 is 7.27. The van der Waals surface area contributed by atoms with Crippen LogP contribution in [0.4, 0.5) is 0 Å². The summed E-state index contributed by atoms with van der Waals surface area (Å²) in [6.07, 6.45) is 3.58. The van der Waals surface area contributed by atoms with Crippen LogP contribution in [0, 0.1) is 0 Å². The van der Waals surface area contributed by atoms with E-state index in [1.807, 2.05) is 6.92 Å². The maximum atomic E-state index is 11.5. The van der Waals surface area contributed by atoms with E-state index in [1.165, 1.54) is 16.6 Å². The van der Waals surface area contributed by atoms with E-state index in [9.17, 15) is 4.79 Å². The molecule has 19 heavy (non-hydrogen) atoms. The van der Waals surface area contributed by atoms with Crippen molar-refractivity contribution in [3.05, 3.63) is 47.7 Å². The highest BCUT2D eigenvalue weighted by molar-refractivity contribution is 5.84. The second kappa shape index (κ2) is 4.92. The van der Waals surface area contributed by atoms with Crippen LogP contribution in [-0.4, -0.2) is 17.1 Å². The number of allylic oxidation sites excluding steroid dienone is 1. The normalized spacial score (nSPS) is 16.6. The molecule has 0 atom stereocenters. The highest BCUT2D eigenvalue weighted by Gasteiger charge is 2.16. The molecule has 0 bridgehead atoms. The number of aromatic nitrogens is 1. The van der Waals surface area contributed by atoms with Crippen molar-refractivity contribution in [2.45, 2.75) is 26.3 Å². The van der Waals surface area contributed by atoms with Crippen molar-refractivity contribution in [3.63, 3.8) is 0 Å². The van der Waals surface area contributed by atoms with Gasteiger partial charge in [0, 0.05) is 23.8 Å². The molecule has 0 spiro atoms. The molecule has 1 aromatic carbocycles. The molecule has 98 valence electrons. The summed E-state index contributed by atoms with van der Waals surface area (Å²) in [5.74, 6) is -0.225. The summed E-state index contributed by atoms with van der Waals surface area (Å²) >= 11 is 0. The summed E-state index contributed by atoms with van der Waals surface area (Å²) in [5.41, 5.74) is 3.74. The van der Waals surface area contributed by atoms with Gasteiger partial charge in [0.15, 0.2) is 0 Å². The van der Waals surface area contributed by atoms with Crippen molar-refractivity contribution >= 4 is 16.9 Å². The molecule has 3 nitrogen and oxygen atoms in total. The van der Waals surface area contributed by atoms with Gasteiger partial charge in [-0.2, -0.15) is 0 Å². The molecule has 0 unspecified atom stereocenters. The van der Waals surface area contributed by atoms with Crippen molar-refractivity contribution in [1.29, 1.82) is 0 Å². The van der Waals surface area contributed by atoms with E-state index in [0.29, 0.717) is 6.61 Å². The third-order valence-electron chi connectivity index (χ3n) is 3.57. The zero-order valence-corrected chi connectivity index (χ0v) is 11.1. The number of hydrogen-bond donors (Lipinski definition) is 0. The summed E-state index contributed by atoms with van der Waals surface area (Å²) in [6.45, 7) is 3.05. The van der Waals surface area contributed by atoms with E-state index in [1.54, 1.807) is 6.08 Å². The zero-order chi connectivity index (χ0) is 13.2. The Hall–Kier alpha value is -2.03. The van der Waals surface area contributed by atoms with Gasteiger partial charge in [0.2, 0.25) is 0 Å². The van der Waals surface area contributed by atoms with Crippen molar-refractivity contribution in [2.24, 2.45) is 0 Å². The molecular weight excluding hydrogens is 238 g/mol. The highest BCUT2D eigenvalue weighted by Crippen LogP contribution is 2.27. The van der Waals surface area contributed by atoms with E-state index in [-0.39, 0.29) is 5.97 Å². The van der Waals surface area contributed by atoms with Crippen LogP contribution in [0.25, 0.3) is 10.9 Å². The Morgan fingerprint density at radius 1 is 1.37 bits per heavy atom. The van der Waals surface area contributed by atoms with Crippen LogP contribution in [0.5, 0.6) is 0 Å². The fourth-order valence-corrected chi connectivity index (χ4v) is 2.70. The number of para-hydroxylation sites is 1. The molecule has 1 aliphatic rings. The minimum Gasteiger partial charge on any atom is -0.463 e. The van der Waals surface area contributed by atoms with Gasteiger partial charge < -0.3 is 9.30 Å². The summed E-state index contributed by atoms with van der Waals surface area (Å²) in [4.78, 5) is 11.5. The lowest BCUT2D eigenvalue weighted by atomic mass is 10.0. The fraction of sp³-hybridized carbons (Fsp3) is 0.312. The van der Waals surface area contributed by atoms with E-state index in [2.05, 4.69) is 34.9 Å². The number of esters is 1. The average Bonchev–Trinajstić information content (AvgIpc) is 2.77. The Labute approximate surface area is 112 Å².